The second-order valence-corrected chi connectivity index (χ2v) is 7.56. The Bertz CT molecular complexity index is 540. The van der Waals surface area contributed by atoms with E-state index in [-0.39, 0.29) is 24.0 Å². The van der Waals surface area contributed by atoms with Crippen molar-refractivity contribution in [1.82, 2.24) is 15.5 Å². The molecule has 1 aliphatic rings. The number of piperidine rings is 1. The van der Waals surface area contributed by atoms with Crippen molar-refractivity contribution in [2.45, 2.75) is 40.2 Å². The molecule has 1 aromatic carbocycles. The standard InChI is InChI=1S/C21H36N4O.HI/c1-5-22-21(23-14-17(2)3)24-15-18-10-12-25(13-11-18)16-19-6-8-20(26-4)9-7-19;/h6-9,17-18H,5,10-16H2,1-4H3,(H2,22,23,24);1H. The molecule has 1 saturated heterocycles. The quantitative estimate of drug-likeness (QED) is 0.333. The Morgan fingerprint density at radius 1 is 1.19 bits per heavy atom. The first kappa shape index (κ1) is 24.0. The molecule has 0 bridgehead atoms. The second-order valence-electron chi connectivity index (χ2n) is 7.56. The van der Waals surface area contributed by atoms with E-state index in [1.807, 2.05) is 12.1 Å². The third-order valence-corrected chi connectivity index (χ3v) is 4.79. The van der Waals surface area contributed by atoms with E-state index in [2.05, 4.69) is 53.4 Å². The zero-order valence-corrected chi connectivity index (χ0v) is 19.7. The van der Waals surface area contributed by atoms with Crippen molar-refractivity contribution in [3.8, 4) is 5.75 Å². The van der Waals surface area contributed by atoms with E-state index in [1.54, 1.807) is 7.11 Å². The van der Waals surface area contributed by atoms with E-state index in [1.165, 1.54) is 18.4 Å². The Labute approximate surface area is 182 Å². The van der Waals surface area contributed by atoms with Crippen LogP contribution in [0, 0.1) is 11.8 Å². The first-order chi connectivity index (χ1) is 12.6. The molecule has 1 aliphatic heterocycles. The molecule has 0 radical (unpaired) electrons. The number of nitrogens with zero attached hydrogens (tertiary/aromatic N) is 2. The lowest BCUT2D eigenvalue weighted by Crippen LogP contribution is -2.42. The molecule has 27 heavy (non-hydrogen) atoms. The van der Waals surface area contributed by atoms with Crippen LogP contribution in [0.5, 0.6) is 5.75 Å². The normalized spacial score (nSPS) is 16.1. The highest BCUT2D eigenvalue weighted by Gasteiger charge is 2.19. The number of rotatable bonds is 8. The summed E-state index contributed by atoms with van der Waals surface area (Å²) in [4.78, 5) is 7.21. The van der Waals surface area contributed by atoms with E-state index in [4.69, 9.17) is 4.74 Å². The van der Waals surface area contributed by atoms with E-state index in [0.29, 0.717) is 5.92 Å². The fourth-order valence-electron chi connectivity index (χ4n) is 3.19. The molecule has 0 aliphatic carbocycles. The maximum absolute atomic E-state index is 5.23. The van der Waals surface area contributed by atoms with Crippen molar-refractivity contribution in [3.63, 3.8) is 0 Å². The van der Waals surface area contributed by atoms with Gasteiger partial charge in [0.1, 0.15) is 5.75 Å². The topological polar surface area (TPSA) is 48.9 Å². The fraction of sp³-hybridized carbons (Fsp3) is 0.667. The van der Waals surface area contributed by atoms with Gasteiger partial charge in [0.2, 0.25) is 0 Å². The number of halogens is 1. The summed E-state index contributed by atoms with van der Waals surface area (Å²) < 4.78 is 5.23. The van der Waals surface area contributed by atoms with Crippen LogP contribution in [0.25, 0.3) is 0 Å². The van der Waals surface area contributed by atoms with Crippen LogP contribution in [0.15, 0.2) is 29.3 Å². The second kappa shape index (κ2) is 13.2. The third kappa shape index (κ3) is 9.14. The molecule has 2 N–H and O–H groups in total. The fourth-order valence-corrected chi connectivity index (χ4v) is 3.19. The largest absolute Gasteiger partial charge is 0.497 e. The molecule has 0 spiro atoms. The van der Waals surface area contributed by atoms with Gasteiger partial charge in [0.05, 0.1) is 7.11 Å². The van der Waals surface area contributed by atoms with Gasteiger partial charge in [0, 0.05) is 26.2 Å². The predicted molar refractivity (Wildman–Crippen MR) is 125 cm³/mol. The summed E-state index contributed by atoms with van der Waals surface area (Å²) in [7, 11) is 1.71. The number of nitrogens with one attached hydrogen (secondary N) is 2. The summed E-state index contributed by atoms with van der Waals surface area (Å²) in [5, 5.41) is 6.88. The Morgan fingerprint density at radius 3 is 2.41 bits per heavy atom. The van der Waals surface area contributed by atoms with Gasteiger partial charge >= 0.3 is 0 Å². The lowest BCUT2D eigenvalue weighted by Gasteiger charge is -2.32. The van der Waals surface area contributed by atoms with Gasteiger partial charge < -0.3 is 15.4 Å². The molecule has 154 valence electrons. The summed E-state index contributed by atoms with van der Waals surface area (Å²) in [5.74, 6) is 3.20. The average molecular weight is 488 g/mol. The zero-order valence-electron chi connectivity index (χ0n) is 17.3. The third-order valence-electron chi connectivity index (χ3n) is 4.79. The molecule has 0 saturated carbocycles. The minimum atomic E-state index is 0. The van der Waals surface area contributed by atoms with E-state index < -0.39 is 0 Å². The van der Waals surface area contributed by atoms with Crippen molar-refractivity contribution in [2.24, 2.45) is 16.8 Å². The zero-order chi connectivity index (χ0) is 18.8. The van der Waals surface area contributed by atoms with Crippen molar-refractivity contribution in [3.05, 3.63) is 29.8 Å². The predicted octanol–water partition coefficient (Wildman–Crippen LogP) is 3.74. The highest BCUT2D eigenvalue weighted by Crippen LogP contribution is 2.19. The number of ether oxygens (including phenoxy) is 1. The maximum atomic E-state index is 5.23. The van der Waals surface area contributed by atoms with Crippen LogP contribution in [-0.2, 0) is 6.54 Å². The first-order valence-electron chi connectivity index (χ1n) is 9.98. The average Bonchev–Trinajstić information content (AvgIpc) is 2.65. The first-order valence-corrected chi connectivity index (χ1v) is 9.98. The molecule has 1 heterocycles. The molecule has 5 nitrogen and oxygen atoms in total. The van der Waals surface area contributed by atoms with Crippen LogP contribution in [0.1, 0.15) is 39.2 Å². The van der Waals surface area contributed by atoms with Crippen LogP contribution in [0.4, 0.5) is 0 Å². The minimum absolute atomic E-state index is 0. The highest BCUT2D eigenvalue weighted by atomic mass is 127. The molecular formula is C21H37IN4O. The van der Waals surface area contributed by atoms with Crippen molar-refractivity contribution in [1.29, 1.82) is 0 Å². The Kier molecular flexibility index (Phi) is 11.7. The number of hydrogen-bond acceptors (Lipinski definition) is 3. The summed E-state index contributed by atoms with van der Waals surface area (Å²) >= 11 is 0. The SMILES string of the molecule is CCNC(=NCC(C)C)NCC1CCN(Cc2ccc(OC)cc2)CC1.I. The van der Waals surface area contributed by atoms with Gasteiger partial charge in [0.25, 0.3) is 0 Å². The Balaban J connectivity index is 0.00000364. The Hall–Kier alpha value is -1.02. The summed E-state index contributed by atoms with van der Waals surface area (Å²) in [6.45, 7) is 12.7. The molecule has 0 unspecified atom stereocenters. The molecule has 2 rings (SSSR count). The molecule has 0 amide bonds. The van der Waals surface area contributed by atoms with Crippen LogP contribution >= 0.6 is 24.0 Å². The van der Waals surface area contributed by atoms with E-state index >= 15 is 0 Å². The monoisotopic (exact) mass is 488 g/mol. The van der Waals surface area contributed by atoms with Crippen LogP contribution in [0.2, 0.25) is 0 Å². The molecule has 6 heteroatoms. The van der Waals surface area contributed by atoms with Gasteiger partial charge in [-0.05, 0) is 62.4 Å². The number of likely N-dealkylation sites (tertiary alicyclic amines) is 1. The number of hydrogen-bond donors (Lipinski definition) is 2. The summed E-state index contributed by atoms with van der Waals surface area (Å²) in [6.07, 6.45) is 2.49. The van der Waals surface area contributed by atoms with E-state index in [0.717, 1.165) is 56.9 Å². The van der Waals surface area contributed by atoms with Gasteiger partial charge in [-0.15, -0.1) is 24.0 Å². The highest BCUT2D eigenvalue weighted by molar-refractivity contribution is 14.0. The molecule has 1 aromatic rings. The van der Waals surface area contributed by atoms with Crippen molar-refractivity contribution >= 4 is 29.9 Å². The molecular weight excluding hydrogens is 451 g/mol. The van der Waals surface area contributed by atoms with Crippen LogP contribution < -0.4 is 15.4 Å². The molecule has 0 atom stereocenters. The molecule has 1 fully saturated rings. The lowest BCUT2D eigenvalue weighted by atomic mass is 9.96. The van der Waals surface area contributed by atoms with Crippen LogP contribution in [0.3, 0.4) is 0 Å². The number of benzene rings is 1. The molecule has 0 aromatic heterocycles. The summed E-state index contributed by atoms with van der Waals surface area (Å²) in [5.41, 5.74) is 1.36. The number of aliphatic imine (C=N–C) groups is 1. The summed E-state index contributed by atoms with van der Waals surface area (Å²) in [6, 6.07) is 8.43. The minimum Gasteiger partial charge on any atom is -0.497 e. The maximum Gasteiger partial charge on any atom is 0.191 e. The smallest absolute Gasteiger partial charge is 0.191 e. The number of methoxy groups -OCH3 is 1. The number of guanidine groups is 1. The Morgan fingerprint density at radius 2 is 1.85 bits per heavy atom. The van der Waals surface area contributed by atoms with Crippen molar-refractivity contribution in [2.75, 3.05) is 39.8 Å². The van der Waals surface area contributed by atoms with Crippen LogP contribution in [-0.4, -0.2) is 50.7 Å². The van der Waals surface area contributed by atoms with Gasteiger partial charge in [-0.25, -0.2) is 0 Å². The van der Waals surface area contributed by atoms with Gasteiger partial charge in [-0.1, -0.05) is 26.0 Å². The van der Waals surface area contributed by atoms with E-state index in [9.17, 15) is 0 Å². The van der Waals surface area contributed by atoms with Crippen molar-refractivity contribution < 1.29 is 4.74 Å². The lowest BCUT2D eigenvalue weighted by molar-refractivity contribution is 0.178. The van der Waals surface area contributed by atoms with Gasteiger partial charge in [-0.2, -0.15) is 0 Å². The van der Waals surface area contributed by atoms with Gasteiger partial charge in [-0.3, -0.25) is 9.89 Å². The van der Waals surface area contributed by atoms with Gasteiger partial charge in [0.15, 0.2) is 5.96 Å².